The topological polar surface area (TPSA) is 32.0 Å². The number of rotatable bonds is 5. The Balaban J connectivity index is 0.00000387. The fraction of sp³-hybridized carbons (Fsp3) is 0.128. The molecule has 0 amide bonds. The second-order valence-corrected chi connectivity index (χ2v) is 14.3. The zero-order valence-electron chi connectivity index (χ0n) is 29.8. The van der Waals surface area contributed by atoms with Crippen molar-refractivity contribution in [1.82, 2.24) is 14.1 Å². The van der Waals surface area contributed by atoms with E-state index in [0.717, 1.165) is 77.7 Å². The second-order valence-electron chi connectivity index (χ2n) is 14.3. The normalized spacial score (nSPS) is 11.8. The number of nitrogens with zero attached hydrogens (tertiary/aromatic N) is 3. The van der Waals surface area contributed by atoms with Gasteiger partial charge < -0.3 is 13.9 Å². The Hall–Kier alpha value is -5.44. The summed E-state index contributed by atoms with van der Waals surface area (Å²) in [5.41, 5.74) is 12.9. The van der Waals surface area contributed by atoms with E-state index >= 15 is 0 Å². The minimum atomic E-state index is 0. The molecule has 52 heavy (non-hydrogen) atoms. The first-order valence-electron chi connectivity index (χ1n) is 17.4. The van der Waals surface area contributed by atoms with Gasteiger partial charge in [0.1, 0.15) is 17.0 Å². The van der Waals surface area contributed by atoms with Crippen molar-refractivity contribution >= 4 is 43.9 Å². The molecule has 6 aromatic carbocycles. The fourth-order valence-electron chi connectivity index (χ4n) is 7.56. The van der Waals surface area contributed by atoms with E-state index in [1.54, 1.807) is 7.11 Å². The molecule has 0 aliphatic heterocycles. The minimum absolute atomic E-state index is 0. The van der Waals surface area contributed by atoms with Crippen molar-refractivity contribution < 1.29 is 25.8 Å². The maximum Gasteiger partial charge on any atom is 2.00 e. The molecule has 0 unspecified atom stereocenters. The third-order valence-corrected chi connectivity index (χ3v) is 10.1. The number of hydrogen-bond donors (Lipinski definition) is 0. The van der Waals surface area contributed by atoms with Gasteiger partial charge in [-0.2, -0.15) is 24.3 Å². The molecule has 0 aliphatic rings. The quantitative estimate of drug-likeness (QED) is 0.162. The number of aryl methyl sites for hydroxylation is 1. The molecule has 4 nitrogen and oxygen atoms in total. The Morgan fingerprint density at radius 2 is 1.27 bits per heavy atom. The summed E-state index contributed by atoms with van der Waals surface area (Å²) in [6.45, 7) is 8.97. The SMILES string of the molecule is COc1ccc(-c2c3c4ccccc4n(-c4[c-]cccc4)c3nc3c2c2ccccc2n3-c2[c-]c(-c3cc(C(C)(C)C)ccc3C)ccc2)cc1.[Pt+2]. The van der Waals surface area contributed by atoms with Gasteiger partial charge in [0.2, 0.25) is 0 Å². The smallest absolute Gasteiger partial charge is 0.497 e. The second kappa shape index (κ2) is 13.0. The molecule has 0 aliphatic carbocycles. The molecule has 9 rings (SSSR count). The van der Waals surface area contributed by atoms with Crippen molar-refractivity contribution in [3.05, 3.63) is 157 Å². The fourth-order valence-corrected chi connectivity index (χ4v) is 7.56. The van der Waals surface area contributed by atoms with Crippen LogP contribution in [-0.2, 0) is 26.5 Å². The molecule has 0 atom stereocenters. The Labute approximate surface area is 318 Å². The van der Waals surface area contributed by atoms with E-state index in [9.17, 15) is 0 Å². The number of pyridine rings is 1. The molecular formula is C47H37N3OPt. The van der Waals surface area contributed by atoms with Gasteiger partial charge in [0.05, 0.1) is 18.1 Å². The third-order valence-electron chi connectivity index (χ3n) is 10.1. The minimum Gasteiger partial charge on any atom is -0.497 e. The third kappa shape index (κ3) is 5.36. The molecule has 256 valence electrons. The number of fused-ring (bicyclic) bond motifs is 6. The zero-order valence-corrected chi connectivity index (χ0v) is 32.0. The molecule has 0 N–H and O–H groups in total. The van der Waals surface area contributed by atoms with Crippen molar-refractivity contribution in [2.75, 3.05) is 7.11 Å². The van der Waals surface area contributed by atoms with Crippen LogP contribution in [0.4, 0.5) is 0 Å². The molecule has 0 saturated carbocycles. The van der Waals surface area contributed by atoms with E-state index in [1.807, 2.05) is 24.3 Å². The average molecular weight is 855 g/mol. The molecule has 3 aromatic heterocycles. The molecule has 0 radical (unpaired) electrons. The maximum atomic E-state index is 5.65. The summed E-state index contributed by atoms with van der Waals surface area (Å²) in [6, 6.07) is 54.4. The monoisotopic (exact) mass is 854 g/mol. The summed E-state index contributed by atoms with van der Waals surface area (Å²) in [7, 11) is 1.71. The number of hydrogen-bond acceptors (Lipinski definition) is 2. The van der Waals surface area contributed by atoms with Gasteiger partial charge >= 0.3 is 21.1 Å². The van der Waals surface area contributed by atoms with Crippen LogP contribution in [-0.4, -0.2) is 21.2 Å². The molecule has 9 aromatic rings. The molecule has 3 heterocycles. The van der Waals surface area contributed by atoms with Gasteiger partial charge in [-0.25, -0.2) is 4.98 Å². The van der Waals surface area contributed by atoms with Crippen molar-refractivity contribution in [2.24, 2.45) is 0 Å². The van der Waals surface area contributed by atoms with Crippen LogP contribution in [0.5, 0.6) is 5.75 Å². The Bertz CT molecular complexity index is 2770. The van der Waals surface area contributed by atoms with Crippen LogP contribution in [0.3, 0.4) is 0 Å². The summed E-state index contributed by atoms with van der Waals surface area (Å²) < 4.78 is 10.1. The summed E-state index contributed by atoms with van der Waals surface area (Å²) >= 11 is 0. The predicted octanol–water partition coefficient (Wildman–Crippen LogP) is 11.8. The van der Waals surface area contributed by atoms with E-state index < -0.39 is 0 Å². The summed E-state index contributed by atoms with van der Waals surface area (Å²) in [5, 5.41) is 4.49. The van der Waals surface area contributed by atoms with E-state index in [1.165, 1.54) is 16.7 Å². The number of para-hydroxylation sites is 3. The van der Waals surface area contributed by atoms with Crippen molar-refractivity contribution in [2.45, 2.75) is 33.1 Å². The first-order valence-corrected chi connectivity index (χ1v) is 17.4. The Morgan fingerprint density at radius 3 is 1.88 bits per heavy atom. The van der Waals surface area contributed by atoms with Crippen LogP contribution in [0, 0.1) is 19.1 Å². The van der Waals surface area contributed by atoms with Crippen LogP contribution in [0.25, 0.3) is 77.5 Å². The summed E-state index contributed by atoms with van der Waals surface area (Å²) in [6.07, 6.45) is 0. The van der Waals surface area contributed by atoms with Crippen LogP contribution < -0.4 is 4.74 Å². The zero-order chi connectivity index (χ0) is 34.9. The van der Waals surface area contributed by atoms with Gasteiger partial charge in [-0.1, -0.05) is 110 Å². The number of aromatic nitrogens is 3. The standard InChI is InChI=1S/C47H37N3O.Pt/c1-30-22-25-33(47(2,3)4)29-39(30)32-14-13-17-35(28-32)50-41-21-12-10-19-38(41)44-42(31-23-26-36(51-5)27-24-31)43-37-18-9-11-20-40(37)49(45(43)48-46(44)50)34-15-7-6-8-16-34;/h6-15,17-27,29H,1-5H3;/q-2;+2. The van der Waals surface area contributed by atoms with Crippen LogP contribution >= 0.6 is 0 Å². The van der Waals surface area contributed by atoms with Crippen LogP contribution in [0.1, 0.15) is 31.9 Å². The molecular weight excluding hydrogens is 818 g/mol. The van der Waals surface area contributed by atoms with Gasteiger partial charge in [0.15, 0.2) is 0 Å². The molecule has 0 spiro atoms. The maximum absolute atomic E-state index is 5.65. The van der Waals surface area contributed by atoms with E-state index in [-0.39, 0.29) is 26.5 Å². The van der Waals surface area contributed by atoms with Crippen molar-refractivity contribution in [1.29, 1.82) is 0 Å². The molecule has 0 saturated heterocycles. The van der Waals surface area contributed by atoms with Crippen LogP contribution in [0.15, 0.2) is 133 Å². The predicted molar refractivity (Wildman–Crippen MR) is 211 cm³/mol. The molecule has 0 fully saturated rings. The van der Waals surface area contributed by atoms with Crippen molar-refractivity contribution in [3.8, 4) is 39.4 Å². The first-order chi connectivity index (χ1) is 24.8. The van der Waals surface area contributed by atoms with E-state index in [2.05, 4.69) is 158 Å². The van der Waals surface area contributed by atoms with E-state index in [4.69, 9.17) is 9.72 Å². The largest absolute Gasteiger partial charge is 2.00 e. The molecule has 5 heteroatoms. The number of methoxy groups -OCH3 is 1. The first kappa shape index (κ1) is 33.7. The van der Waals surface area contributed by atoms with Gasteiger partial charge in [0.25, 0.3) is 0 Å². The average Bonchev–Trinajstić information content (AvgIpc) is 3.67. The summed E-state index contributed by atoms with van der Waals surface area (Å²) in [4.78, 5) is 5.65. The number of benzene rings is 6. The van der Waals surface area contributed by atoms with Gasteiger partial charge in [0, 0.05) is 27.1 Å². The van der Waals surface area contributed by atoms with Gasteiger partial charge in [-0.3, -0.25) is 0 Å². The molecule has 0 bridgehead atoms. The van der Waals surface area contributed by atoms with Gasteiger partial charge in [-0.15, -0.1) is 35.9 Å². The van der Waals surface area contributed by atoms with Crippen molar-refractivity contribution in [3.63, 3.8) is 0 Å². The van der Waals surface area contributed by atoms with Gasteiger partial charge in [-0.05, 0) is 47.9 Å². The Kier molecular flexibility index (Phi) is 8.39. The van der Waals surface area contributed by atoms with Crippen LogP contribution in [0.2, 0.25) is 0 Å². The van der Waals surface area contributed by atoms with E-state index in [0.29, 0.717) is 0 Å². The Morgan fingerprint density at radius 1 is 0.654 bits per heavy atom. The summed E-state index contributed by atoms with van der Waals surface area (Å²) in [5.74, 6) is 0.821. The number of ether oxygens (including phenoxy) is 1.